The van der Waals surface area contributed by atoms with Crippen LogP contribution in [0.3, 0.4) is 0 Å². The van der Waals surface area contributed by atoms with Crippen LogP contribution in [0.4, 0.5) is 8.78 Å². The van der Waals surface area contributed by atoms with Crippen molar-refractivity contribution in [3.8, 4) is 5.75 Å². The van der Waals surface area contributed by atoms with Crippen molar-refractivity contribution in [2.45, 2.75) is 25.9 Å². The number of benzene rings is 1. The quantitative estimate of drug-likeness (QED) is 0.873. The molecule has 4 nitrogen and oxygen atoms in total. The molecule has 1 atom stereocenters. The largest absolute Gasteiger partial charge is 0.481 e. The van der Waals surface area contributed by atoms with Gasteiger partial charge in [0.1, 0.15) is 5.75 Å². The summed E-state index contributed by atoms with van der Waals surface area (Å²) in [5.74, 6) is -2.06. The van der Waals surface area contributed by atoms with Gasteiger partial charge < -0.3 is 15.0 Å². The molecule has 1 aromatic rings. The van der Waals surface area contributed by atoms with Crippen LogP contribution in [-0.4, -0.2) is 43.1 Å². The van der Waals surface area contributed by atoms with Gasteiger partial charge in [-0.2, -0.15) is 0 Å². The maximum atomic E-state index is 13.0. The number of carbonyl (C=O) groups excluding carboxylic acids is 1. The molecule has 2 rings (SSSR count). The smallest absolute Gasteiger partial charge is 0.260 e. The lowest BCUT2D eigenvalue weighted by atomic mass is 10.3. The zero-order valence-electron chi connectivity index (χ0n) is 12.1. The number of hydrogen-bond donors (Lipinski definition) is 1. The predicted octanol–water partition coefficient (Wildman–Crippen LogP) is 1.94. The standard InChI is InChI=1S/C15H20F2N2O2/c1-11(21-12-4-5-13(16)14(17)10-12)15(20)18-6-9-19-7-2-3-8-19/h4-5,10-11H,2-3,6-9H2,1H3,(H,18,20). The van der Waals surface area contributed by atoms with Gasteiger partial charge in [-0.05, 0) is 45.0 Å². The summed E-state index contributed by atoms with van der Waals surface area (Å²) in [4.78, 5) is 14.1. The molecule has 1 aliphatic heterocycles. The third kappa shape index (κ3) is 4.67. The Hall–Kier alpha value is -1.69. The molecular formula is C15H20F2N2O2. The first kappa shape index (κ1) is 15.7. The van der Waals surface area contributed by atoms with Crippen LogP contribution in [0, 0.1) is 11.6 Å². The summed E-state index contributed by atoms with van der Waals surface area (Å²) in [6.07, 6.45) is 1.67. The van der Waals surface area contributed by atoms with Gasteiger partial charge in [-0.1, -0.05) is 0 Å². The maximum Gasteiger partial charge on any atom is 0.260 e. The van der Waals surface area contributed by atoms with Crippen molar-refractivity contribution in [3.05, 3.63) is 29.8 Å². The second-order valence-corrected chi connectivity index (χ2v) is 5.18. The van der Waals surface area contributed by atoms with E-state index >= 15 is 0 Å². The van der Waals surface area contributed by atoms with Gasteiger partial charge in [-0.15, -0.1) is 0 Å². The van der Waals surface area contributed by atoms with E-state index in [-0.39, 0.29) is 11.7 Å². The van der Waals surface area contributed by atoms with E-state index in [0.717, 1.165) is 31.8 Å². The van der Waals surface area contributed by atoms with Gasteiger partial charge in [0.15, 0.2) is 17.7 Å². The lowest BCUT2D eigenvalue weighted by molar-refractivity contribution is -0.127. The average molecular weight is 298 g/mol. The van der Waals surface area contributed by atoms with Crippen LogP contribution in [0.15, 0.2) is 18.2 Å². The Morgan fingerprint density at radius 2 is 2.05 bits per heavy atom. The van der Waals surface area contributed by atoms with E-state index in [9.17, 15) is 13.6 Å². The molecule has 1 saturated heterocycles. The third-order valence-electron chi connectivity index (χ3n) is 3.50. The Labute approximate surface area is 123 Å². The van der Waals surface area contributed by atoms with E-state index in [1.165, 1.54) is 18.9 Å². The molecule has 0 bridgehead atoms. The van der Waals surface area contributed by atoms with Crippen LogP contribution < -0.4 is 10.1 Å². The van der Waals surface area contributed by atoms with Gasteiger partial charge >= 0.3 is 0 Å². The second-order valence-electron chi connectivity index (χ2n) is 5.18. The lowest BCUT2D eigenvalue weighted by Gasteiger charge is -2.17. The van der Waals surface area contributed by atoms with E-state index in [0.29, 0.717) is 6.54 Å². The first-order chi connectivity index (χ1) is 10.1. The molecule has 1 fully saturated rings. The summed E-state index contributed by atoms with van der Waals surface area (Å²) >= 11 is 0. The Balaban J connectivity index is 1.74. The fourth-order valence-electron chi connectivity index (χ4n) is 2.29. The molecule has 1 heterocycles. The molecule has 116 valence electrons. The van der Waals surface area contributed by atoms with Crippen LogP contribution in [-0.2, 0) is 4.79 Å². The van der Waals surface area contributed by atoms with Crippen molar-refractivity contribution < 1.29 is 18.3 Å². The van der Waals surface area contributed by atoms with Crippen molar-refractivity contribution >= 4 is 5.91 Å². The minimum absolute atomic E-state index is 0.135. The van der Waals surface area contributed by atoms with Gasteiger partial charge in [-0.25, -0.2) is 8.78 Å². The van der Waals surface area contributed by atoms with Crippen molar-refractivity contribution in [3.63, 3.8) is 0 Å². The summed E-state index contributed by atoms with van der Waals surface area (Å²) < 4.78 is 31.1. The van der Waals surface area contributed by atoms with Crippen molar-refractivity contribution in [1.82, 2.24) is 10.2 Å². The number of hydrogen-bond acceptors (Lipinski definition) is 3. The molecule has 6 heteroatoms. The predicted molar refractivity (Wildman–Crippen MR) is 75.1 cm³/mol. The Kier molecular flexibility index (Phi) is 5.50. The van der Waals surface area contributed by atoms with Gasteiger partial charge in [0, 0.05) is 19.2 Å². The minimum Gasteiger partial charge on any atom is -0.481 e. The number of ether oxygens (including phenoxy) is 1. The summed E-state index contributed by atoms with van der Waals surface area (Å²) in [6.45, 7) is 5.12. The van der Waals surface area contributed by atoms with E-state index in [4.69, 9.17) is 4.74 Å². The Morgan fingerprint density at radius 3 is 2.71 bits per heavy atom. The van der Waals surface area contributed by atoms with Crippen LogP contribution in [0.2, 0.25) is 0 Å². The number of amides is 1. The molecule has 1 unspecified atom stereocenters. The molecular weight excluding hydrogens is 278 g/mol. The van der Waals surface area contributed by atoms with Crippen molar-refractivity contribution in [1.29, 1.82) is 0 Å². The molecule has 0 radical (unpaired) electrons. The maximum absolute atomic E-state index is 13.0. The first-order valence-electron chi connectivity index (χ1n) is 7.18. The highest BCUT2D eigenvalue weighted by Gasteiger charge is 2.16. The zero-order chi connectivity index (χ0) is 15.2. The van der Waals surface area contributed by atoms with Crippen molar-refractivity contribution in [2.75, 3.05) is 26.2 Å². The van der Waals surface area contributed by atoms with Crippen LogP contribution >= 0.6 is 0 Å². The van der Waals surface area contributed by atoms with Gasteiger partial charge in [0.05, 0.1) is 0 Å². The van der Waals surface area contributed by atoms with E-state index < -0.39 is 17.7 Å². The Bertz CT molecular complexity index is 491. The van der Waals surface area contributed by atoms with Crippen LogP contribution in [0.25, 0.3) is 0 Å². The lowest BCUT2D eigenvalue weighted by Crippen LogP contribution is -2.40. The fourth-order valence-corrected chi connectivity index (χ4v) is 2.29. The molecule has 1 aliphatic rings. The number of nitrogens with one attached hydrogen (secondary N) is 1. The molecule has 1 aromatic carbocycles. The fraction of sp³-hybridized carbons (Fsp3) is 0.533. The molecule has 21 heavy (non-hydrogen) atoms. The number of halogens is 2. The van der Waals surface area contributed by atoms with Gasteiger partial charge in [-0.3, -0.25) is 4.79 Å². The summed E-state index contributed by atoms with van der Waals surface area (Å²) in [7, 11) is 0. The van der Waals surface area contributed by atoms with E-state index in [1.807, 2.05) is 0 Å². The van der Waals surface area contributed by atoms with Crippen LogP contribution in [0.5, 0.6) is 5.75 Å². The molecule has 0 aliphatic carbocycles. The van der Waals surface area contributed by atoms with E-state index in [2.05, 4.69) is 10.2 Å². The molecule has 0 aromatic heterocycles. The summed E-state index contributed by atoms with van der Waals surface area (Å²) in [5.41, 5.74) is 0. The van der Waals surface area contributed by atoms with Crippen LogP contribution in [0.1, 0.15) is 19.8 Å². The minimum atomic E-state index is -0.992. The summed E-state index contributed by atoms with van der Waals surface area (Å²) in [6, 6.07) is 3.21. The van der Waals surface area contributed by atoms with E-state index in [1.54, 1.807) is 6.92 Å². The van der Waals surface area contributed by atoms with Gasteiger partial charge in [0.2, 0.25) is 0 Å². The third-order valence-corrected chi connectivity index (χ3v) is 3.50. The zero-order valence-corrected chi connectivity index (χ0v) is 12.1. The number of carbonyl (C=O) groups is 1. The molecule has 0 saturated carbocycles. The Morgan fingerprint density at radius 1 is 1.33 bits per heavy atom. The molecule has 0 spiro atoms. The topological polar surface area (TPSA) is 41.6 Å². The second kappa shape index (κ2) is 7.36. The highest BCUT2D eigenvalue weighted by Crippen LogP contribution is 2.16. The summed E-state index contributed by atoms with van der Waals surface area (Å²) in [5, 5.41) is 2.78. The molecule has 1 amide bonds. The monoisotopic (exact) mass is 298 g/mol. The highest BCUT2D eigenvalue weighted by molar-refractivity contribution is 5.80. The SMILES string of the molecule is CC(Oc1ccc(F)c(F)c1)C(=O)NCCN1CCCC1. The number of rotatable bonds is 6. The first-order valence-corrected chi connectivity index (χ1v) is 7.18. The normalized spacial score (nSPS) is 16.7. The number of likely N-dealkylation sites (tertiary alicyclic amines) is 1. The average Bonchev–Trinajstić information content (AvgIpc) is 2.96. The highest BCUT2D eigenvalue weighted by atomic mass is 19.2. The molecule has 1 N–H and O–H groups in total. The van der Waals surface area contributed by atoms with Gasteiger partial charge in [0.25, 0.3) is 5.91 Å². The number of nitrogens with zero attached hydrogens (tertiary/aromatic N) is 1. The van der Waals surface area contributed by atoms with Crippen molar-refractivity contribution in [2.24, 2.45) is 0 Å².